The Morgan fingerprint density at radius 2 is 2.04 bits per heavy atom. The van der Waals surface area contributed by atoms with E-state index in [9.17, 15) is 4.79 Å². The SMILES string of the molecule is C[C@@H]1CN(C[C@H]2CCCN2C(=O)c2n[nH]c3ccccc23)C[C@@H](C)O1. The molecule has 0 bridgehead atoms. The van der Waals surface area contributed by atoms with Crippen LogP contribution in [-0.2, 0) is 4.74 Å². The molecule has 6 nitrogen and oxygen atoms in total. The second-order valence-electron chi connectivity index (χ2n) is 7.39. The number of carbonyl (C=O) groups is 1. The fraction of sp³-hybridized carbons (Fsp3) is 0.579. The van der Waals surface area contributed by atoms with E-state index < -0.39 is 0 Å². The number of benzene rings is 1. The normalized spacial score (nSPS) is 27.9. The molecule has 3 heterocycles. The number of aromatic amines is 1. The van der Waals surface area contributed by atoms with Crippen LogP contribution < -0.4 is 0 Å². The van der Waals surface area contributed by atoms with Crippen molar-refractivity contribution in [2.45, 2.75) is 44.9 Å². The molecule has 4 rings (SSSR count). The summed E-state index contributed by atoms with van der Waals surface area (Å²) in [5.41, 5.74) is 1.46. The quantitative estimate of drug-likeness (QED) is 0.930. The molecule has 0 aliphatic carbocycles. The molecule has 1 amide bonds. The van der Waals surface area contributed by atoms with E-state index in [2.05, 4.69) is 28.9 Å². The van der Waals surface area contributed by atoms with Gasteiger partial charge in [-0.3, -0.25) is 14.8 Å². The molecule has 2 aliphatic heterocycles. The summed E-state index contributed by atoms with van der Waals surface area (Å²) in [5.74, 6) is 0.0503. The Morgan fingerprint density at radius 3 is 2.84 bits per heavy atom. The maximum atomic E-state index is 13.1. The molecule has 1 N–H and O–H groups in total. The average Bonchev–Trinajstić information content (AvgIpc) is 3.20. The summed E-state index contributed by atoms with van der Waals surface area (Å²) in [6.45, 7) is 7.86. The number of rotatable bonds is 3. The van der Waals surface area contributed by atoms with E-state index in [4.69, 9.17) is 4.74 Å². The van der Waals surface area contributed by atoms with Crippen LogP contribution in [0.5, 0.6) is 0 Å². The van der Waals surface area contributed by atoms with Crippen molar-refractivity contribution in [3.05, 3.63) is 30.0 Å². The van der Waals surface area contributed by atoms with Crippen molar-refractivity contribution in [3.63, 3.8) is 0 Å². The first kappa shape index (κ1) is 16.5. The Balaban J connectivity index is 1.50. The zero-order valence-electron chi connectivity index (χ0n) is 14.9. The highest BCUT2D eigenvalue weighted by Crippen LogP contribution is 2.24. The minimum Gasteiger partial charge on any atom is -0.373 e. The molecule has 3 atom stereocenters. The first-order valence-corrected chi connectivity index (χ1v) is 9.23. The number of morpholine rings is 1. The molecule has 2 aromatic rings. The van der Waals surface area contributed by atoms with Gasteiger partial charge in [-0.25, -0.2) is 0 Å². The number of likely N-dealkylation sites (tertiary alicyclic amines) is 1. The maximum Gasteiger partial charge on any atom is 0.275 e. The number of H-pyrrole nitrogens is 1. The predicted molar refractivity (Wildman–Crippen MR) is 96.6 cm³/mol. The summed E-state index contributed by atoms with van der Waals surface area (Å²) in [6.07, 6.45) is 2.64. The van der Waals surface area contributed by atoms with Crippen molar-refractivity contribution >= 4 is 16.8 Å². The smallest absolute Gasteiger partial charge is 0.275 e. The van der Waals surface area contributed by atoms with Gasteiger partial charge in [0.15, 0.2) is 5.69 Å². The lowest BCUT2D eigenvalue weighted by Crippen LogP contribution is -2.51. The Bertz CT molecular complexity index is 749. The molecule has 2 aliphatic rings. The van der Waals surface area contributed by atoms with E-state index in [1.165, 1.54) is 0 Å². The number of carbonyl (C=O) groups excluding carboxylic acids is 1. The Kier molecular flexibility index (Phi) is 4.48. The van der Waals surface area contributed by atoms with Crippen LogP contribution in [0.3, 0.4) is 0 Å². The average molecular weight is 342 g/mol. The van der Waals surface area contributed by atoms with Gasteiger partial charge in [0.05, 0.1) is 17.7 Å². The lowest BCUT2D eigenvalue weighted by Gasteiger charge is -2.38. The van der Waals surface area contributed by atoms with Gasteiger partial charge in [0.1, 0.15) is 0 Å². The van der Waals surface area contributed by atoms with Gasteiger partial charge in [-0.05, 0) is 32.8 Å². The number of para-hydroxylation sites is 1. The van der Waals surface area contributed by atoms with E-state index in [0.717, 1.165) is 49.9 Å². The van der Waals surface area contributed by atoms with Gasteiger partial charge in [0.2, 0.25) is 0 Å². The standard InChI is InChI=1S/C19H26N4O2/c1-13-10-22(11-14(2)25-13)12-15-6-5-9-23(15)19(24)18-16-7-3-4-8-17(16)20-21-18/h3-4,7-8,13-15H,5-6,9-12H2,1-2H3,(H,20,21)/t13-,14-,15-/m1/s1. The Labute approximate surface area is 148 Å². The van der Waals surface area contributed by atoms with Gasteiger partial charge >= 0.3 is 0 Å². The van der Waals surface area contributed by atoms with Crippen LogP contribution in [0.15, 0.2) is 24.3 Å². The molecule has 1 aromatic heterocycles. The molecule has 6 heteroatoms. The zero-order chi connectivity index (χ0) is 17.4. The molecule has 0 spiro atoms. The number of aromatic nitrogens is 2. The number of fused-ring (bicyclic) bond motifs is 1. The fourth-order valence-corrected chi connectivity index (χ4v) is 4.29. The van der Waals surface area contributed by atoms with Crippen LogP contribution >= 0.6 is 0 Å². The molecular weight excluding hydrogens is 316 g/mol. The van der Waals surface area contributed by atoms with Crippen LogP contribution in [0, 0.1) is 0 Å². The van der Waals surface area contributed by atoms with Gasteiger partial charge in [-0.2, -0.15) is 5.10 Å². The third-order valence-electron chi connectivity index (χ3n) is 5.28. The minimum atomic E-state index is 0.0503. The highest BCUT2D eigenvalue weighted by molar-refractivity contribution is 6.04. The number of nitrogens with zero attached hydrogens (tertiary/aromatic N) is 3. The summed E-state index contributed by atoms with van der Waals surface area (Å²) in [5, 5.41) is 8.18. The maximum absolute atomic E-state index is 13.1. The molecule has 134 valence electrons. The molecule has 0 saturated carbocycles. The predicted octanol–water partition coefficient (Wildman–Crippen LogP) is 2.28. The summed E-state index contributed by atoms with van der Waals surface area (Å²) in [7, 11) is 0. The molecule has 0 unspecified atom stereocenters. The molecule has 25 heavy (non-hydrogen) atoms. The lowest BCUT2D eigenvalue weighted by atomic mass is 10.1. The van der Waals surface area contributed by atoms with E-state index in [1.54, 1.807) is 0 Å². The van der Waals surface area contributed by atoms with Crippen molar-refractivity contribution in [2.75, 3.05) is 26.2 Å². The number of amides is 1. The van der Waals surface area contributed by atoms with E-state index >= 15 is 0 Å². The van der Waals surface area contributed by atoms with Crippen molar-refractivity contribution in [3.8, 4) is 0 Å². The topological polar surface area (TPSA) is 61.5 Å². The van der Waals surface area contributed by atoms with Crippen molar-refractivity contribution < 1.29 is 9.53 Å². The van der Waals surface area contributed by atoms with E-state index in [-0.39, 0.29) is 24.2 Å². The first-order chi connectivity index (χ1) is 12.1. The van der Waals surface area contributed by atoms with Gasteiger partial charge in [0.25, 0.3) is 5.91 Å². The summed E-state index contributed by atoms with van der Waals surface area (Å²) in [4.78, 5) is 17.6. The summed E-state index contributed by atoms with van der Waals surface area (Å²) >= 11 is 0. The van der Waals surface area contributed by atoms with Gasteiger partial charge in [-0.15, -0.1) is 0 Å². The molecule has 1 aromatic carbocycles. The second-order valence-corrected chi connectivity index (χ2v) is 7.39. The van der Waals surface area contributed by atoms with Crippen LogP contribution in [0.4, 0.5) is 0 Å². The summed E-state index contributed by atoms with van der Waals surface area (Å²) in [6, 6.07) is 8.08. The number of ether oxygens (including phenoxy) is 1. The minimum absolute atomic E-state index is 0.0503. The number of hydrogen-bond acceptors (Lipinski definition) is 4. The third-order valence-corrected chi connectivity index (χ3v) is 5.28. The highest BCUT2D eigenvalue weighted by Gasteiger charge is 2.34. The van der Waals surface area contributed by atoms with Gasteiger partial charge in [-0.1, -0.05) is 18.2 Å². The number of nitrogens with one attached hydrogen (secondary N) is 1. The lowest BCUT2D eigenvalue weighted by molar-refractivity contribution is -0.0715. The largest absolute Gasteiger partial charge is 0.373 e. The Morgan fingerprint density at radius 1 is 1.28 bits per heavy atom. The fourth-order valence-electron chi connectivity index (χ4n) is 4.29. The number of hydrogen-bond donors (Lipinski definition) is 1. The molecule has 0 radical (unpaired) electrons. The van der Waals surface area contributed by atoms with E-state index in [0.29, 0.717) is 5.69 Å². The van der Waals surface area contributed by atoms with Crippen LogP contribution in [0.2, 0.25) is 0 Å². The zero-order valence-corrected chi connectivity index (χ0v) is 14.9. The van der Waals surface area contributed by atoms with Crippen LogP contribution in [0.25, 0.3) is 10.9 Å². The molecule has 2 fully saturated rings. The monoisotopic (exact) mass is 342 g/mol. The highest BCUT2D eigenvalue weighted by atomic mass is 16.5. The Hall–Kier alpha value is -1.92. The second kappa shape index (κ2) is 6.77. The van der Waals surface area contributed by atoms with Crippen LogP contribution in [0.1, 0.15) is 37.2 Å². The molecular formula is C19H26N4O2. The first-order valence-electron chi connectivity index (χ1n) is 9.23. The molecule has 2 saturated heterocycles. The van der Waals surface area contributed by atoms with Crippen molar-refractivity contribution in [1.82, 2.24) is 20.0 Å². The van der Waals surface area contributed by atoms with E-state index in [1.807, 2.05) is 29.2 Å². The van der Waals surface area contributed by atoms with Gasteiger partial charge in [0, 0.05) is 37.6 Å². The van der Waals surface area contributed by atoms with Gasteiger partial charge < -0.3 is 9.64 Å². The van der Waals surface area contributed by atoms with Crippen molar-refractivity contribution in [2.24, 2.45) is 0 Å². The van der Waals surface area contributed by atoms with Crippen LogP contribution in [-0.4, -0.2) is 70.3 Å². The summed E-state index contributed by atoms with van der Waals surface area (Å²) < 4.78 is 5.83. The third kappa shape index (κ3) is 3.28. The van der Waals surface area contributed by atoms with Crippen molar-refractivity contribution in [1.29, 1.82) is 0 Å².